The highest BCUT2D eigenvalue weighted by molar-refractivity contribution is 8.00. The highest BCUT2D eigenvalue weighted by Gasteiger charge is 2.21. The van der Waals surface area contributed by atoms with E-state index in [0.29, 0.717) is 5.56 Å². The maximum absolute atomic E-state index is 13.6. The Hall–Kier alpha value is -1.88. The molecule has 0 aliphatic carbocycles. The van der Waals surface area contributed by atoms with Crippen molar-refractivity contribution >= 4 is 17.7 Å². The van der Waals surface area contributed by atoms with Gasteiger partial charge in [-0.3, -0.25) is 4.79 Å². The molecular weight excluding hydrogens is 268 g/mol. The summed E-state index contributed by atoms with van der Waals surface area (Å²) in [5, 5.41) is -0.752. The predicted molar refractivity (Wildman–Crippen MR) is 70.6 cm³/mol. The Morgan fingerprint density at radius 1 is 1.11 bits per heavy atom. The van der Waals surface area contributed by atoms with Gasteiger partial charge in [0.05, 0.1) is 0 Å². The molecule has 0 saturated heterocycles. The third kappa shape index (κ3) is 3.32. The normalized spacial score (nSPS) is 12.1. The molecule has 1 atom stereocenters. The van der Waals surface area contributed by atoms with Crippen molar-refractivity contribution in [2.24, 2.45) is 5.73 Å². The second kappa shape index (κ2) is 5.84. The van der Waals surface area contributed by atoms with E-state index in [4.69, 9.17) is 5.73 Å². The van der Waals surface area contributed by atoms with E-state index in [1.54, 1.807) is 30.3 Å². The Bertz CT molecular complexity index is 589. The molecule has 2 nitrogen and oxygen atoms in total. The molecule has 5 heteroatoms. The third-order valence-corrected chi connectivity index (χ3v) is 3.81. The summed E-state index contributed by atoms with van der Waals surface area (Å²) in [5.41, 5.74) is 5.98. The molecule has 2 N–H and O–H groups in total. The van der Waals surface area contributed by atoms with Crippen LogP contribution in [0.4, 0.5) is 8.78 Å². The molecule has 0 spiro atoms. The number of thioether (sulfide) groups is 1. The fraction of sp³-hybridized carbons (Fsp3) is 0.0714. The van der Waals surface area contributed by atoms with Crippen LogP contribution in [0.3, 0.4) is 0 Å². The number of hydrogen-bond acceptors (Lipinski definition) is 2. The largest absolute Gasteiger partial charge is 0.368 e. The van der Waals surface area contributed by atoms with E-state index in [1.807, 2.05) is 0 Å². The molecule has 0 heterocycles. The van der Waals surface area contributed by atoms with Crippen molar-refractivity contribution in [2.45, 2.75) is 10.1 Å². The molecule has 2 aromatic rings. The maximum atomic E-state index is 13.6. The Morgan fingerprint density at radius 3 is 2.42 bits per heavy atom. The number of amides is 1. The van der Waals surface area contributed by atoms with Crippen LogP contribution in [0.5, 0.6) is 0 Å². The minimum Gasteiger partial charge on any atom is -0.368 e. The van der Waals surface area contributed by atoms with Gasteiger partial charge in [-0.25, -0.2) is 8.78 Å². The highest BCUT2D eigenvalue weighted by Crippen LogP contribution is 2.36. The van der Waals surface area contributed by atoms with Crippen molar-refractivity contribution in [3.63, 3.8) is 0 Å². The zero-order chi connectivity index (χ0) is 13.8. The van der Waals surface area contributed by atoms with E-state index in [0.717, 1.165) is 30.0 Å². The monoisotopic (exact) mass is 279 g/mol. The molecule has 0 fully saturated rings. The van der Waals surface area contributed by atoms with Gasteiger partial charge in [0.15, 0.2) is 0 Å². The van der Waals surface area contributed by atoms with Crippen LogP contribution in [0.15, 0.2) is 53.4 Å². The molecule has 0 aliphatic heterocycles. The second-order valence-electron chi connectivity index (χ2n) is 3.89. The molecule has 2 aromatic carbocycles. The number of carbonyl (C=O) groups excluding carboxylic acids is 1. The van der Waals surface area contributed by atoms with Gasteiger partial charge in [-0.1, -0.05) is 30.3 Å². The van der Waals surface area contributed by atoms with Crippen molar-refractivity contribution in [2.75, 3.05) is 0 Å². The summed E-state index contributed by atoms with van der Waals surface area (Å²) in [7, 11) is 0. The van der Waals surface area contributed by atoms with Gasteiger partial charge in [0.25, 0.3) is 0 Å². The van der Waals surface area contributed by atoms with Gasteiger partial charge < -0.3 is 5.73 Å². The summed E-state index contributed by atoms with van der Waals surface area (Å²) in [6.45, 7) is 0. The zero-order valence-corrected chi connectivity index (χ0v) is 10.7. The first-order valence-corrected chi connectivity index (χ1v) is 6.42. The lowest BCUT2D eigenvalue weighted by molar-refractivity contribution is -0.117. The van der Waals surface area contributed by atoms with Crippen LogP contribution in [0.1, 0.15) is 10.8 Å². The van der Waals surface area contributed by atoms with Crippen molar-refractivity contribution in [1.82, 2.24) is 0 Å². The summed E-state index contributed by atoms with van der Waals surface area (Å²) in [6.07, 6.45) is 0. The quantitative estimate of drug-likeness (QED) is 0.873. The minimum atomic E-state index is -0.752. The van der Waals surface area contributed by atoms with E-state index in [1.165, 1.54) is 0 Å². The van der Waals surface area contributed by atoms with Gasteiger partial charge in [-0.15, -0.1) is 11.8 Å². The third-order valence-electron chi connectivity index (χ3n) is 2.50. The van der Waals surface area contributed by atoms with Crippen LogP contribution in [0.25, 0.3) is 0 Å². The van der Waals surface area contributed by atoms with Gasteiger partial charge in [0.2, 0.25) is 5.91 Å². The van der Waals surface area contributed by atoms with E-state index >= 15 is 0 Å². The summed E-state index contributed by atoms with van der Waals surface area (Å²) >= 11 is 0.901. The standard InChI is InChI=1S/C14H11F2NOS/c15-10-6-7-11(16)12(8-10)19-13(14(17)18)9-4-2-1-3-5-9/h1-8,13H,(H2,17,18)/t13-/m1/s1. The highest BCUT2D eigenvalue weighted by atomic mass is 32.2. The molecule has 98 valence electrons. The zero-order valence-electron chi connectivity index (χ0n) is 9.85. The van der Waals surface area contributed by atoms with Crippen molar-refractivity contribution < 1.29 is 13.6 Å². The summed E-state index contributed by atoms with van der Waals surface area (Å²) in [6, 6.07) is 11.9. The van der Waals surface area contributed by atoms with Crippen LogP contribution in [-0.2, 0) is 4.79 Å². The molecule has 0 aromatic heterocycles. The van der Waals surface area contributed by atoms with E-state index in [9.17, 15) is 13.6 Å². The number of carbonyl (C=O) groups is 1. The molecular formula is C14H11F2NOS. The molecule has 0 aliphatic rings. The molecule has 0 unspecified atom stereocenters. The van der Waals surface area contributed by atoms with Gasteiger partial charge in [0, 0.05) is 4.90 Å². The smallest absolute Gasteiger partial charge is 0.235 e. The van der Waals surface area contributed by atoms with E-state index in [-0.39, 0.29) is 4.90 Å². The minimum absolute atomic E-state index is 0.0626. The Balaban J connectivity index is 2.32. The molecule has 0 bridgehead atoms. The second-order valence-corrected chi connectivity index (χ2v) is 5.03. The van der Waals surface area contributed by atoms with E-state index in [2.05, 4.69) is 0 Å². The van der Waals surface area contributed by atoms with Gasteiger partial charge in [-0.05, 0) is 23.8 Å². The molecule has 0 radical (unpaired) electrons. The van der Waals surface area contributed by atoms with Crippen LogP contribution in [-0.4, -0.2) is 5.91 Å². The first kappa shape index (κ1) is 13.5. The average molecular weight is 279 g/mol. The number of nitrogens with two attached hydrogens (primary N) is 1. The van der Waals surface area contributed by atoms with Gasteiger partial charge in [-0.2, -0.15) is 0 Å². The lowest BCUT2D eigenvalue weighted by Crippen LogP contribution is -2.19. The number of rotatable bonds is 4. The first-order chi connectivity index (χ1) is 9.08. The summed E-state index contributed by atoms with van der Waals surface area (Å²) < 4.78 is 26.7. The number of primary amides is 1. The SMILES string of the molecule is NC(=O)[C@H](Sc1cc(F)ccc1F)c1ccccc1. The molecule has 0 saturated carbocycles. The van der Waals surface area contributed by atoms with Crippen LogP contribution >= 0.6 is 11.8 Å². The fourth-order valence-corrected chi connectivity index (χ4v) is 2.64. The van der Waals surface area contributed by atoms with Crippen molar-refractivity contribution in [3.8, 4) is 0 Å². The Morgan fingerprint density at radius 2 is 1.79 bits per heavy atom. The first-order valence-electron chi connectivity index (χ1n) is 5.54. The molecule has 19 heavy (non-hydrogen) atoms. The summed E-state index contributed by atoms with van der Waals surface area (Å²) in [4.78, 5) is 11.5. The van der Waals surface area contributed by atoms with Gasteiger partial charge in [0.1, 0.15) is 16.9 Å². The lowest BCUT2D eigenvalue weighted by atomic mass is 10.1. The fourth-order valence-electron chi connectivity index (χ4n) is 1.61. The molecule has 2 rings (SSSR count). The van der Waals surface area contributed by atoms with Crippen LogP contribution < -0.4 is 5.73 Å². The maximum Gasteiger partial charge on any atom is 0.235 e. The number of hydrogen-bond donors (Lipinski definition) is 1. The van der Waals surface area contributed by atoms with E-state index < -0.39 is 22.8 Å². The predicted octanol–water partition coefficient (Wildman–Crippen LogP) is 3.28. The number of halogens is 2. The van der Waals surface area contributed by atoms with Crippen molar-refractivity contribution in [1.29, 1.82) is 0 Å². The van der Waals surface area contributed by atoms with Crippen molar-refractivity contribution in [3.05, 3.63) is 65.7 Å². The molecule has 1 amide bonds. The average Bonchev–Trinajstić information content (AvgIpc) is 2.40. The summed E-state index contributed by atoms with van der Waals surface area (Å²) in [5.74, 6) is -1.73. The van der Waals surface area contributed by atoms with Crippen LogP contribution in [0, 0.1) is 11.6 Å². The topological polar surface area (TPSA) is 43.1 Å². The number of benzene rings is 2. The van der Waals surface area contributed by atoms with Gasteiger partial charge >= 0.3 is 0 Å². The van der Waals surface area contributed by atoms with Crippen LogP contribution in [0.2, 0.25) is 0 Å². The lowest BCUT2D eigenvalue weighted by Gasteiger charge is -2.13. The Labute approximate surface area is 113 Å². The Kier molecular flexibility index (Phi) is 4.16.